The summed E-state index contributed by atoms with van der Waals surface area (Å²) in [4.78, 5) is 14.3. The van der Waals surface area contributed by atoms with E-state index in [-0.39, 0.29) is 18.3 Å². The van der Waals surface area contributed by atoms with Crippen LogP contribution in [0.15, 0.2) is 36.5 Å². The van der Waals surface area contributed by atoms with Crippen LogP contribution in [0.3, 0.4) is 0 Å². The van der Waals surface area contributed by atoms with Crippen molar-refractivity contribution >= 4 is 18.3 Å². The fraction of sp³-hybridized carbons (Fsp3) is 0.438. The standard InChI is InChI=1S/C16H21N5O.ClH/c1-17-9-14-7-8-20(10-14)16(22)15-12-21(19-18-15)11-13-5-3-2-4-6-13;/h2-6,12,14,17H,7-11H2,1H3;1H. The molecule has 2 heterocycles. The van der Waals surface area contributed by atoms with Crippen molar-refractivity contribution in [1.82, 2.24) is 25.2 Å². The van der Waals surface area contributed by atoms with Crippen LogP contribution in [0.4, 0.5) is 0 Å². The van der Waals surface area contributed by atoms with Crippen LogP contribution < -0.4 is 5.32 Å². The molecule has 2 aromatic rings. The Bertz CT molecular complexity index is 630. The summed E-state index contributed by atoms with van der Waals surface area (Å²) in [5, 5.41) is 11.3. The van der Waals surface area contributed by atoms with Crippen molar-refractivity contribution in [1.29, 1.82) is 0 Å². The Hall–Kier alpha value is -1.92. The third kappa shape index (κ3) is 4.30. The van der Waals surface area contributed by atoms with Gasteiger partial charge < -0.3 is 10.2 Å². The Morgan fingerprint density at radius 2 is 2.13 bits per heavy atom. The normalized spacial score (nSPS) is 17.1. The van der Waals surface area contributed by atoms with E-state index in [0.29, 0.717) is 18.2 Å². The van der Waals surface area contributed by atoms with Crippen molar-refractivity contribution in [2.45, 2.75) is 13.0 Å². The number of rotatable bonds is 5. The first kappa shape index (κ1) is 17.4. The summed E-state index contributed by atoms with van der Waals surface area (Å²) in [6.07, 6.45) is 2.78. The van der Waals surface area contributed by atoms with Gasteiger partial charge in [0.2, 0.25) is 0 Å². The monoisotopic (exact) mass is 335 g/mol. The average molecular weight is 336 g/mol. The largest absolute Gasteiger partial charge is 0.337 e. The van der Waals surface area contributed by atoms with Gasteiger partial charge in [-0.3, -0.25) is 4.79 Å². The number of nitrogens with zero attached hydrogens (tertiary/aromatic N) is 4. The second-order valence-corrected chi connectivity index (χ2v) is 5.75. The summed E-state index contributed by atoms with van der Waals surface area (Å²) in [5.41, 5.74) is 1.57. The molecular weight excluding hydrogens is 314 g/mol. The van der Waals surface area contributed by atoms with Crippen LogP contribution in [0.2, 0.25) is 0 Å². The first-order valence-corrected chi connectivity index (χ1v) is 7.64. The molecule has 1 unspecified atom stereocenters. The lowest BCUT2D eigenvalue weighted by Gasteiger charge is -2.14. The predicted molar refractivity (Wildman–Crippen MR) is 90.8 cm³/mol. The topological polar surface area (TPSA) is 63.1 Å². The van der Waals surface area contributed by atoms with Crippen LogP contribution in [0.1, 0.15) is 22.5 Å². The first-order chi connectivity index (χ1) is 10.8. The molecule has 1 atom stereocenters. The van der Waals surface area contributed by atoms with E-state index in [1.807, 2.05) is 42.3 Å². The minimum Gasteiger partial charge on any atom is -0.337 e. The van der Waals surface area contributed by atoms with E-state index in [2.05, 4.69) is 15.6 Å². The SMILES string of the molecule is CNCC1CCN(C(=O)c2cn(Cc3ccccc3)nn2)C1.Cl. The highest BCUT2D eigenvalue weighted by Crippen LogP contribution is 2.17. The van der Waals surface area contributed by atoms with Gasteiger partial charge in [0.15, 0.2) is 5.69 Å². The molecular formula is C16H22ClN5O. The van der Waals surface area contributed by atoms with Gasteiger partial charge in [-0.05, 0) is 31.5 Å². The molecule has 23 heavy (non-hydrogen) atoms. The lowest BCUT2D eigenvalue weighted by atomic mass is 10.1. The number of hydrogen-bond donors (Lipinski definition) is 1. The zero-order chi connectivity index (χ0) is 15.4. The summed E-state index contributed by atoms with van der Waals surface area (Å²) in [7, 11) is 1.94. The maximum Gasteiger partial charge on any atom is 0.276 e. The first-order valence-electron chi connectivity index (χ1n) is 7.64. The molecule has 0 bridgehead atoms. The molecule has 7 heteroatoms. The minimum atomic E-state index is -0.0158. The molecule has 3 rings (SSSR count). The molecule has 1 aromatic carbocycles. The third-order valence-corrected chi connectivity index (χ3v) is 4.01. The Labute approximate surface area is 142 Å². The van der Waals surface area contributed by atoms with Crippen LogP contribution in [-0.4, -0.2) is 52.5 Å². The Morgan fingerprint density at radius 1 is 1.35 bits per heavy atom. The molecule has 1 aliphatic rings. The van der Waals surface area contributed by atoms with Crippen molar-refractivity contribution in [3.8, 4) is 0 Å². The van der Waals surface area contributed by atoms with Gasteiger partial charge in [-0.15, -0.1) is 17.5 Å². The van der Waals surface area contributed by atoms with Crippen molar-refractivity contribution in [3.05, 3.63) is 47.8 Å². The zero-order valence-corrected chi connectivity index (χ0v) is 14.0. The highest BCUT2D eigenvalue weighted by atomic mass is 35.5. The maximum atomic E-state index is 12.5. The molecule has 0 aliphatic carbocycles. The van der Waals surface area contributed by atoms with Gasteiger partial charge in [-0.25, -0.2) is 4.68 Å². The molecule has 0 radical (unpaired) electrons. The fourth-order valence-electron chi connectivity index (χ4n) is 2.88. The Morgan fingerprint density at radius 3 is 2.87 bits per heavy atom. The van der Waals surface area contributed by atoms with Crippen LogP contribution in [0.25, 0.3) is 0 Å². The molecule has 1 N–H and O–H groups in total. The van der Waals surface area contributed by atoms with Gasteiger partial charge in [-0.1, -0.05) is 35.5 Å². The summed E-state index contributed by atoms with van der Waals surface area (Å²) in [5.74, 6) is 0.520. The molecule has 124 valence electrons. The van der Waals surface area contributed by atoms with Gasteiger partial charge in [-0.2, -0.15) is 0 Å². The Balaban J connectivity index is 0.00000192. The van der Waals surface area contributed by atoms with E-state index < -0.39 is 0 Å². The van der Waals surface area contributed by atoms with E-state index in [0.717, 1.165) is 31.6 Å². The summed E-state index contributed by atoms with van der Waals surface area (Å²) in [6, 6.07) is 10.0. The maximum absolute atomic E-state index is 12.5. The quantitative estimate of drug-likeness (QED) is 0.898. The van der Waals surface area contributed by atoms with E-state index in [9.17, 15) is 4.79 Å². The fourth-order valence-corrected chi connectivity index (χ4v) is 2.88. The Kier molecular flexibility index (Phi) is 6.12. The smallest absolute Gasteiger partial charge is 0.276 e. The van der Waals surface area contributed by atoms with Crippen LogP contribution in [-0.2, 0) is 6.54 Å². The molecule has 6 nitrogen and oxygen atoms in total. The second kappa shape index (κ2) is 8.08. The van der Waals surface area contributed by atoms with Crippen molar-refractivity contribution in [2.24, 2.45) is 5.92 Å². The highest BCUT2D eigenvalue weighted by molar-refractivity contribution is 5.92. The number of carbonyl (C=O) groups is 1. The molecule has 1 aromatic heterocycles. The van der Waals surface area contributed by atoms with E-state index >= 15 is 0 Å². The van der Waals surface area contributed by atoms with E-state index in [4.69, 9.17) is 0 Å². The predicted octanol–water partition coefficient (Wildman–Crippen LogP) is 1.43. The summed E-state index contributed by atoms with van der Waals surface area (Å²) >= 11 is 0. The minimum absolute atomic E-state index is 0. The van der Waals surface area contributed by atoms with E-state index in [1.165, 1.54) is 0 Å². The second-order valence-electron chi connectivity index (χ2n) is 5.75. The number of halogens is 1. The third-order valence-electron chi connectivity index (χ3n) is 4.01. The van der Waals surface area contributed by atoms with Crippen molar-refractivity contribution < 1.29 is 4.79 Å². The molecule has 1 saturated heterocycles. The van der Waals surface area contributed by atoms with Gasteiger partial charge in [0.05, 0.1) is 12.7 Å². The average Bonchev–Trinajstić information content (AvgIpc) is 3.18. The number of hydrogen-bond acceptors (Lipinski definition) is 4. The van der Waals surface area contributed by atoms with Crippen LogP contribution in [0.5, 0.6) is 0 Å². The van der Waals surface area contributed by atoms with Crippen LogP contribution >= 0.6 is 12.4 Å². The van der Waals surface area contributed by atoms with Crippen LogP contribution in [0, 0.1) is 5.92 Å². The molecule has 1 amide bonds. The summed E-state index contributed by atoms with van der Waals surface area (Å²) < 4.78 is 1.71. The zero-order valence-electron chi connectivity index (χ0n) is 13.2. The lowest BCUT2D eigenvalue weighted by molar-refractivity contribution is 0.0781. The van der Waals surface area contributed by atoms with E-state index in [1.54, 1.807) is 10.9 Å². The van der Waals surface area contributed by atoms with Gasteiger partial charge in [0.25, 0.3) is 5.91 Å². The lowest BCUT2D eigenvalue weighted by Crippen LogP contribution is -2.30. The number of likely N-dealkylation sites (tertiary alicyclic amines) is 1. The van der Waals surface area contributed by atoms with Gasteiger partial charge in [0, 0.05) is 13.1 Å². The van der Waals surface area contributed by atoms with Crippen molar-refractivity contribution in [2.75, 3.05) is 26.7 Å². The van der Waals surface area contributed by atoms with Gasteiger partial charge in [0.1, 0.15) is 0 Å². The highest BCUT2D eigenvalue weighted by Gasteiger charge is 2.27. The number of benzene rings is 1. The van der Waals surface area contributed by atoms with Crippen molar-refractivity contribution in [3.63, 3.8) is 0 Å². The summed E-state index contributed by atoms with van der Waals surface area (Å²) in [6.45, 7) is 3.18. The molecule has 1 aliphatic heterocycles. The molecule has 0 spiro atoms. The van der Waals surface area contributed by atoms with Gasteiger partial charge >= 0.3 is 0 Å². The number of nitrogens with one attached hydrogen (secondary N) is 1. The molecule has 1 fully saturated rings. The number of amides is 1. The number of carbonyl (C=O) groups excluding carboxylic acids is 1. The molecule has 0 saturated carbocycles. The number of aromatic nitrogens is 3.